The van der Waals surface area contributed by atoms with Gasteiger partial charge in [0.1, 0.15) is 17.4 Å². The number of ether oxygens (including phenoxy) is 2. The third-order valence-corrected chi connectivity index (χ3v) is 5.09. The molecule has 0 unspecified atom stereocenters. The maximum atomic E-state index is 12.8. The average molecular weight is 383 g/mol. The highest BCUT2D eigenvalue weighted by molar-refractivity contribution is 5.89. The number of aryl methyl sites for hydroxylation is 1. The van der Waals surface area contributed by atoms with Crippen LogP contribution in [-0.2, 0) is 17.7 Å². The molecule has 8 heteroatoms. The van der Waals surface area contributed by atoms with Crippen LogP contribution in [0.3, 0.4) is 0 Å². The fraction of sp³-hybridized carbons (Fsp3) is 0.450. The number of hydrogen-bond donors (Lipinski definition) is 1. The Labute approximate surface area is 164 Å². The van der Waals surface area contributed by atoms with Crippen LogP contribution in [0.15, 0.2) is 24.3 Å². The first-order valence-corrected chi connectivity index (χ1v) is 9.53. The van der Waals surface area contributed by atoms with Crippen LogP contribution in [0.5, 0.6) is 5.75 Å². The molecule has 1 fully saturated rings. The van der Waals surface area contributed by atoms with Gasteiger partial charge in [0.15, 0.2) is 0 Å². The van der Waals surface area contributed by atoms with Crippen LogP contribution >= 0.6 is 0 Å². The topological polar surface area (TPSA) is 79.8 Å². The SMILES string of the molecule is COc1ccc(NC(=O)N2CCc3nc(C)nc(N4CCOCC4)c3C2)cc1. The van der Waals surface area contributed by atoms with Gasteiger partial charge in [0.2, 0.25) is 0 Å². The third kappa shape index (κ3) is 3.87. The van der Waals surface area contributed by atoms with E-state index in [0.29, 0.717) is 26.3 Å². The largest absolute Gasteiger partial charge is 0.497 e. The first kappa shape index (κ1) is 18.5. The molecule has 148 valence electrons. The van der Waals surface area contributed by atoms with Crippen molar-refractivity contribution in [3.63, 3.8) is 0 Å². The summed E-state index contributed by atoms with van der Waals surface area (Å²) in [4.78, 5) is 26.2. The zero-order valence-corrected chi connectivity index (χ0v) is 16.3. The van der Waals surface area contributed by atoms with Crippen molar-refractivity contribution >= 4 is 17.5 Å². The number of nitrogens with zero attached hydrogens (tertiary/aromatic N) is 4. The van der Waals surface area contributed by atoms with Gasteiger partial charge in [-0.05, 0) is 31.2 Å². The summed E-state index contributed by atoms with van der Waals surface area (Å²) >= 11 is 0. The Morgan fingerprint density at radius 2 is 1.89 bits per heavy atom. The molecular weight excluding hydrogens is 358 g/mol. The Morgan fingerprint density at radius 3 is 2.61 bits per heavy atom. The van der Waals surface area contributed by atoms with Crippen molar-refractivity contribution in [1.82, 2.24) is 14.9 Å². The first-order chi connectivity index (χ1) is 13.6. The van der Waals surface area contributed by atoms with Crippen LogP contribution in [0.1, 0.15) is 17.1 Å². The van der Waals surface area contributed by atoms with Crippen LogP contribution in [-0.4, -0.2) is 60.9 Å². The average Bonchev–Trinajstić information content (AvgIpc) is 2.74. The zero-order chi connectivity index (χ0) is 19.5. The van der Waals surface area contributed by atoms with Gasteiger partial charge in [-0.25, -0.2) is 14.8 Å². The van der Waals surface area contributed by atoms with Crippen molar-refractivity contribution < 1.29 is 14.3 Å². The number of urea groups is 1. The number of morpholine rings is 1. The third-order valence-electron chi connectivity index (χ3n) is 5.09. The van der Waals surface area contributed by atoms with Gasteiger partial charge in [-0.1, -0.05) is 0 Å². The van der Waals surface area contributed by atoms with Crippen molar-refractivity contribution in [3.8, 4) is 5.75 Å². The minimum Gasteiger partial charge on any atom is -0.497 e. The van der Waals surface area contributed by atoms with Crippen LogP contribution in [0.4, 0.5) is 16.3 Å². The van der Waals surface area contributed by atoms with Gasteiger partial charge in [-0.2, -0.15) is 0 Å². The molecule has 0 atom stereocenters. The standard InChI is InChI=1S/C20H25N5O3/c1-14-21-18-7-8-25(20(26)23-15-3-5-16(27-2)6-4-15)13-17(18)19(22-14)24-9-11-28-12-10-24/h3-6H,7-13H2,1-2H3,(H,23,26). The van der Waals surface area contributed by atoms with E-state index in [1.807, 2.05) is 36.1 Å². The summed E-state index contributed by atoms with van der Waals surface area (Å²) in [6.45, 7) is 6.06. The number of fused-ring (bicyclic) bond motifs is 1. The molecule has 1 aromatic carbocycles. The Hall–Kier alpha value is -2.87. The van der Waals surface area contributed by atoms with Crippen molar-refractivity contribution in [2.45, 2.75) is 19.9 Å². The van der Waals surface area contributed by atoms with Crippen molar-refractivity contribution in [2.24, 2.45) is 0 Å². The molecular formula is C20H25N5O3. The summed E-state index contributed by atoms with van der Waals surface area (Å²) in [6, 6.07) is 7.20. The van der Waals surface area contributed by atoms with E-state index < -0.39 is 0 Å². The number of amides is 2. The van der Waals surface area contributed by atoms with E-state index in [2.05, 4.69) is 15.2 Å². The maximum Gasteiger partial charge on any atom is 0.322 e. The summed E-state index contributed by atoms with van der Waals surface area (Å²) < 4.78 is 10.6. The van der Waals surface area contributed by atoms with Gasteiger partial charge in [0, 0.05) is 37.3 Å². The van der Waals surface area contributed by atoms with Crippen LogP contribution in [0.25, 0.3) is 0 Å². The lowest BCUT2D eigenvalue weighted by atomic mass is 10.1. The highest BCUT2D eigenvalue weighted by Gasteiger charge is 2.27. The molecule has 0 spiro atoms. The number of benzene rings is 1. The minimum absolute atomic E-state index is 0.121. The Morgan fingerprint density at radius 1 is 1.14 bits per heavy atom. The normalized spacial score (nSPS) is 16.5. The number of rotatable bonds is 3. The highest BCUT2D eigenvalue weighted by Crippen LogP contribution is 2.28. The van der Waals surface area contributed by atoms with Crippen LogP contribution in [0, 0.1) is 6.92 Å². The molecule has 1 N–H and O–H groups in total. The fourth-order valence-corrected chi connectivity index (χ4v) is 3.60. The van der Waals surface area contributed by atoms with Gasteiger partial charge in [0.05, 0.1) is 32.6 Å². The molecule has 28 heavy (non-hydrogen) atoms. The van der Waals surface area contributed by atoms with Crippen molar-refractivity contribution in [1.29, 1.82) is 0 Å². The molecule has 3 heterocycles. The molecule has 1 aromatic heterocycles. The van der Waals surface area contributed by atoms with Crippen molar-refractivity contribution in [3.05, 3.63) is 41.3 Å². The summed E-state index contributed by atoms with van der Waals surface area (Å²) in [5.41, 5.74) is 2.83. The number of carbonyl (C=O) groups excluding carboxylic acids is 1. The molecule has 2 aliphatic rings. The predicted octanol–water partition coefficient (Wildman–Crippen LogP) is 2.22. The second-order valence-corrected chi connectivity index (χ2v) is 6.95. The van der Waals surface area contributed by atoms with E-state index in [-0.39, 0.29) is 6.03 Å². The second kappa shape index (κ2) is 8.02. The molecule has 2 aliphatic heterocycles. The second-order valence-electron chi connectivity index (χ2n) is 6.95. The lowest BCUT2D eigenvalue weighted by molar-refractivity contribution is 0.122. The minimum atomic E-state index is -0.121. The maximum absolute atomic E-state index is 12.8. The number of aromatic nitrogens is 2. The molecule has 2 amide bonds. The molecule has 0 saturated carbocycles. The van der Waals surface area contributed by atoms with Gasteiger partial charge < -0.3 is 24.6 Å². The molecule has 0 radical (unpaired) electrons. The number of anilines is 2. The quantitative estimate of drug-likeness (QED) is 0.876. The number of nitrogens with one attached hydrogen (secondary N) is 1. The zero-order valence-electron chi connectivity index (χ0n) is 16.3. The van der Waals surface area contributed by atoms with E-state index in [4.69, 9.17) is 14.5 Å². The van der Waals surface area contributed by atoms with Gasteiger partial charge in [-0.3, -0.25) is 0 Å². The van der Waals surface area contributed by atoms with E-state index in [1.54, 1.807) is 7.11 Å². The summed E-state index contributed by atoms with van der Waals surface area (Å²) in [5, 5.41) is 2.96. The summed E-state index contributed by atoms with van der Waals surface area (Å²) in [5.74, 6) is 2.47. The van der Waals surface area contributed by atoms with E-state index >= 15 is 0 Å². The van der Waals surface area contributed by atoms with E-state index in [0.717, 1.165) is 53.8 Å². The van der Waals surface area contributed by atoms with Crippen LogP contribution in [0.2, 0.25) is 0 Å². The fourth-order valence-electron chi connectivity index (χ4n) is 3.60. The highest BCUT2D eigenvalue weighted by atomic mass is 16.5. The van der Waals surface area contributed by atoms with Crippen LogP contribution < -0.4 is 15.0 Å². The molecule has 2 aromatic rings. The lowest BCUT2D eigenvalue weighted by Gasteiger charge is -2.34. The molecule has 0 bridgehead atoms. The number of carbonyl (C=O) groups is 1. The lowest BCUT2D eigenvalue weighted by Crippen LogP contribution is -2.42. The van der Waals surface area contributed by atoms with Gasteiger partial charge >= 0.3 is 6.03 Å². The first-order valence-electron chi connectivity index (χ1n) is 9.53. The molecule has 8 nitrogen and oxygen atoms in total. The monoisotopic (exact) mass is 383 g/mol. The molecule has 4 rings (SSSR count). The number of hydrogen-bond acceptors (Lipinski definition) is 6. The Kier molecular flexibility index (Phi) is 5.29. The van der Waals surface area contributed by atoms with Crippen molar-refractivity contribution in [2.75, 3.05) is 50.2 Å². The molecule has 1 saturated heterocycles. The van der Waals surface area contributed by atoms with E-state index in [1.165, 1.54) is 0 Å². The van der Waals surface area contributed by atoms with Gasteiger partial charge in [0.25, 0.3) is 0 Å². The summed E-state index contributed by atoms with van der Waals surface area (Å²) in [7, 11) is 1.62. The Bertz CT molecular complexity index is 850. The Balaban J connectivity index is 1.52. The molecule has 0 aliphatic carbocycles. The smallest absolute Gasteiger partial charge is 0.322 e. The predicted molar refractivity (Wildman–Crippen MR) is 106 cm³/mol. The summed E-state index contributed by atoms with van der Waals surface area (Å²) in [6.07, 6.45) is 0.728. The number of methoxy groups -OCH3 is 1. The van der Waals surface area contributed by atoms with Gasteiger partial charge in [-0.15, -0.1) is 0 Å². The van der Waals surface area contributed by atoms with E-state index in [9.17, 15) is 4.79 Å².